The van der Waals surface area contributed by atoms with E-state index in [4.69, 9.17) is 11.6 Å². The topological polar surface area (TPSA) is 82.2 Å². The van der Waals surface area contributed by atoms with Gasteiger partial charge in [0.25, 0.3) is 16.5 Å². The van der Waals surface area contributed by atoms with Crippen molar-refractivity contribution in [2.24, 2.45) is 0 Å². The largest absolute Gasteiger partial charge is 0.308 e. The second kappa shape index (κ2) is 5.88. The van der Waals surface area contributed by atoms with Gasteiger partial charge in [0.2, 0.25) is 0 Å². The van der Waals surface area contributed by atoms with E-state index in [1.54, 1.807) is 25.1 Å². The molecular weight excluding hydrogens is 296 g/mol. The molecule has 0 aliphatic carbocycles. The first-order valence-corrected chi connectivity index (χ1v) is 6.52. The minimum Gasteiger partial charge on any atom is -0.308 e. The van der Waals surface area contributed by atoms with Crippen LogP contribution in [0.15, 0.2) is 41.2 Å². The van der Waals surface area contributed by atoms with Gasteiger partial charge < -0.3 is 4.57 Å². The zero-order valence-electron chi connectivity index (χ0n) is 11.1. The first-order valence-electron chi connectivity index (χ1n) is 6.14. The molecule has 0 radical (unpaired) electrons. The Morgan fingerprint density at radius 1 is 1.24 bits per heavy atom. The predicted octanol–water partition coefficient (Wildman–Crippen LogP) is 2.82. The van der Waals surface area contributed by atoms with Gasteiger partial charge in [-0.25, -0.2) is 0 Å². The molecule has 0 saturated heterocycles. The van der Waals surface area contributed by atoms with Gasteiger partial charge in [0, 0.05) is 18.7 Å². The third-order valence-electron chi connectivity index (χ3n) is 3.08. The third-order valence-corrected chi connectivity index (χ3v) is 3.28. The average Bonchev–Trinajstić information content (AvgIpc) is 2.46. The normalized spacial score (nSPS) is 10.4. The van der Waals surface area contributed by atoms with Crippen LogP contribution < -0.4 is 5.56 Å². The molecule has 0 aliphatic rings. The SMILES string of the molecule is CCn1c(-c2ccc([N+](=O)[O-])cc2)ccc(C(=O)Cl)c1=O. The molecule has 0 spiro atoms. The predicted molar refractivity (Wildman–Crippen MR) is 78.6 cm³/mol. The number of carbonyl (C=O) groups is 1. The number of carbonyl (C=O) groups excluding carboxylic acids is 1. The summed E-state index contributed by atoms with van der Waals surface area (Å²) in [6.45, 7) is 2.11. The maximum absolute atomic E-state index is 12.2. The number of hydrogen-bond acceptors (Lipinski definition) is 4. The van der Waals surface area contributed by atoms with E-state index in [9.17, 15) is 19.7 Å². The van der Waals surface area contributed by atoms with E-state index in [2.05, 4.69) is 0 Å². The van der Waals surface area contributed by atoms with Crippen molar-refractivity contribution >= 4 is 22.5 Å². The molecule has 0 saturated carbocycles. The lowest BCUT2D eigenvalue weighted by Crippen LogP contribution is -2.25. The number of nitrogens with zero attached hydrogens (tertiary/aromatic N) is 2. The van der Waals surface area contributed by atoms with Crippen LogP contribution in [-0.4, -0.2) is 14.7 Å². The first kappa shape index (κ1) is 14.9. The van der Waals surface area contributed by atoms with Crippen molar-refractivity contribution in [3.05, 3.63) is 62.4 Å². The Morgan fingerprint density at radius 3 is 2.33 bits per heavy atom. The Bertz CT molecular complexity index is 766. The van der Waals surface area contributed by atoms with Crippen LogP contribution in [0.3, 0.4) is 0 Å². The van der Waals surface area contributed by atoms with E-state index in [1.165, 1.54) is 22.8 Å². The van der Waals surface area contributed by atoms with Gasteiger partial charge in [0.05, 0.1) is 16.2 Å². The zero-order chi connectivity index (χ0) is 15.6. The van der Waals surface area contributed by atoms with Gasteiger partial charge in [-0.2, -0.15) is 0 Å². The minimum absolute atomic E-state index is 0.0308. The fourth-order valence-electron chi connectivity index (χ4n) is 2.05. The lowest BCUT2D eigenvalue weighted by atomic mass is 10.1. The summed E-state index contributed by atoms with van der Waals surface area (Å²) in [5.74, 6) is 0. The lowest BCUT2D eigenvalue weighted by molar-refractivity contribution is -0.384. The van der Waals surface area contributed by atoms with Crippen LogP contribution in [0.4, 0.5) is 5.69 Å². The number of pyridine rings is 1. The van der Waals surface area contributed by atoms with Crippen LogP contribution in [0.25, 0.3) is 11.3 Å². The smallest absolute Gasteiger partial charge is 0.269 e. The van der Waals surface area contributed by atoms with E-state index in [1.807, 2.05) is 0 Å². The first-order chi connectivity index (χ1) is 9.95. The summed E-state index contributed by atoms with van der Waals surface area (Å²) in [6, 6.07) is 8.80. The molecule has 0 N–H and O–H groups in total. The summed E-state index contributed by atoms with van der Waals surface area (Å²) < 4.78 is 1.40. The van der Waals surface area contributed by atoms with Crippen molar-refractivity contribution in [3.63, 3.8) is 0 Å². The summed E-state index contributed by atoms with van der Waals surface area (Å²) >= 11 is 5.36. The maximum Gasteiger partial charge on any atom is 0.269 e. The molecule has 0 atom stereocenters. The molecule has 0 unspecified atom stereocenters. The second-order valence-corrected chi connectivity index (χ2v) is 4.60. The van der Waals surface area contributed by atoms with Crippen LogP contribution in [0.5, 0.6) is 0 Å². The molecule has 21 heavy (non-hydrogen) atoms. The third kappa shape index (κ3) is 2.85. The molecule has 1 aromatic heterocycles. The van der Waals surface area contributed by atoms with Crippen LogP contribution >= 0.6 is 11.6 Å². The standard InChI is InChI=1S/C14H11ClN2O4/c1-2-16-12(8-7-11(13(15)18)14(16)19)9-3-5-10(6-4-9)17(20)21/h3-8H,2H2,1H3. The zero-order valence-corrected chi connectivity index (χ0v) is 11.8. The minimum atomic E-state index is -0.808. The van der Waals surface area contributed by atoms with Crippen LogP contribution in [0.1, 0.15) is 17.3 Å². The Kier molecular flexibility index (Phi) is 4.18. The van der Waals surface area contributed by atoms with Gasteiger partial charge in [-0.15, -0.1) is 0 Å². The average molecular weight is 307 g/mol. The van der Waals surface area contributed by atoms with E-state index in [-0.39, 0.29) is 11.3 Å². The second-order valence-electron chi connectivity index (χ2n) is 4.26. The number of non-ortho nitro benzene ring substituents is 1. The summed E-state index contributed by atoms with van der Waals surface area (Å²) in [5.41, 5.74) is 0.612. The quantitative estimate of drug-likeness (QED) is 0.494. The molecule has 1 heterocycles. The maximum atomic E-state index is 12.2. The van der Waals surface area contributed by atoms with Crippen LogP contribution in [-0.2, 0) is 6.54 Å². The number of nitro groups is 1. The number of rotatable bonds is 4. The van der Waals surface area contributed by atoms with Crippen molar-refractivity contribution in [3.8, 4) is 11.3 Å². The van der Waals surface area contributed by atoms with Crippen molar-refractivity contribution in [1.82, 2.24) is 4.57 Å². The molecule has 0 bridgehead atoms. The highest BCUT2D eigenvalue weighted by Gasteiger charge is 2.14. The molecule has 0 amide bonds. The number of aromatic nitrogens is 1. The Morgan fingerprint density at radius 2 is 1.86 bits per heavy atom. The van der Waals surface area contributed by atoms with Gasteiger partial charge in [-0.1, -0.05) is 0 Å². The Labute approximate surface area is 124 Å². The molecule has 0 aliphatic heterocycles. The van der Waals surface area contributed by atoms with E-state index < -0.39 is 15.7 Å². The van der Waals surface area contributed by atoms with Crippen LogP contribution in [0, 0.1) is 10.1 Å². The molecule has 2 aromatic rings. The fraction of sp³-hybridized carbons (Fsp3) is 0.143. The highest BCUT2D eigenvalue weighted by Crippen LogP contribution is 2.22. The monoisotopic (exact) mass is 306 g/mol. The lowest BCUT2D eigenvalue weighted by Gasteiger charge is -2.11. The number of halogens is 1. The highest BCUT2D eigenvalue weighted by molar-refractivity contribution is 6.67. The van der Waals surface area contributed by atoms with Gasteiger partial charge in [-0.05, 0) is 48.4 Å². The molecule has 7 heteroatoms. The van der Waals surface area contributed by atoms with E-state index in [0.717, 1.165) is 0 Å². The number of nitro benzene ring substituents is 1. The van der Waals surface area contributed by atoms with Crippen LogP contribution in [0.2, 0.25) is 0 Å². The molecule has 2 rings (SSSR count). The molecule has 1 aromatic carbocycles. The molecule has 0 fully saturated rings. The highest BCUT2D eigenvalue weighted by atomic mass is 35.5. The summed E-state index contributed by atoms with van der Waals surface area (Å²) in [4.78, 5) is 33.5. The van der Waals surface area contributed by atoms with Gasteiger partial charge >= 0.3 is 0 Å². The van der Waals surface area contributed by atoms with Crippen molar-refractivity contribution in [1.29, 1.82) is 0 Å². The number of hydrogen-bond donors (Lipinski definition) is 0. The van der Waals surface area contributed by atoms with Gasteiger partial charge in [0.1, 0.15) is 0 Å². The van der Waals surface area contributed by atoms with Crippen molar-refractivity contribution in [2.75, 3.05) is 0 Å². The van der Waals surface area contributed by atoms with E-state index >= 15 is 0 Å². The van der Waals surface area contributed by atoms with Gasteiger partial charge in [0.15, 0.2) is 0 Å². The fourth-order valence-corrected chi connectivity index (χ4v) is 2.19. The van der Waals surface area contributed by atoms with Crippen molar-refractivity contribution in [2.45, 2.75) is 13.5 Å². The molecule has 6 nitrogen and oxygen atoms in total. The Hall–Kier alpha value is -2.47. The van der Waals surface area contributed by atoms with Gasteiger partial charge in [-0.3, -0.25) is 19.7 Å². The number of benzene rings is 1. The molecular formula is C14H11ClN2O4. The summed E-state index contributed by atoms with van der Waals surface area (Å²) in [5, 5.41) is 9.84. The Balaban J connectivity index is 2.59. The molecule has 108 valence electrons. The van der Waals surface area contributed by atoms with Crippen molar-refractivity contribution < 1.29 is 9.72 Å². The summed E-state index contributed by atoms with van der Waals surface area (Å²) in [6.07, 6.45) is 0. The summed E-state index contributed by atoms with van der Waals surface area (Å²) in [7, 11) is 0. The van der Waals surface area contributed by atoms with E-state index in [0.29, 0.717) is 17.8 Å².